The Morgan fingerprint density at radius 3 is 2.42 bits per heavy atom. The zero-order valence-corrected chi connectivity index (χ0v) is 13.7. The number of nitrogens with zero attached hydrogens (tertiary/aromatic N) is 1. The molecule has 19 heavy (non-hydrogen) atoms. The maximum atomic E-state index is 5.32. The van der Waals surface area contributed by atoms with Crippen LogP contribution in [0.4, 0.5) is 0 Å². The van der Waals surface area contributed by atoms with E-state index in [0.717, 1.165) is 29.9 Å². The maximum absolute atomic E-state index is 5.32. The molecule has 0 fully saturated rings. The first-order chi connectivity index (χ1) is 9.21. The molecule has 0 aliphatic rings. The minimum Gasteiger partial charge on any atom is -0.493 e. The second kappa shape index (κ2) is 9.21. The van der Waals surface area contributed by atoms with Crippen molar-refractivity contribution in [3.05, 3.63) is 23.8 Å². The zero-order valence-electron chi connectivity index (χ0n) is 12.1. The molecule has 1 rings (SSSR count). The normalized spacial score (nSPS) is 10.8. The second-order valence-corrected chi connectivity index (χ2v) is 5.47. The molecule has 0 heterocycles. The van der Waals surface area contributed by atoms with Gasteiger partial charge in [0.05, 0.1) is 14.2 Å². The standard InChI is InChI=1S/C15H24BrNO2/c1-17(10-6-4-5-9-16)12-13-7-8-14(18-2)15(11-13)19-3/h7-8,11H,4-6,9-10,12H2,1-3H3. The number of alkyl halides is 1. The van der Waals surface area contributed by atoms with Crippen molar-refractivity contribution in [1.29, 1.82) is 0 Å². The van der Waals surface area contributed by atoms with E-state index in [2.05, 4.69) is 33.9 Å². The van der Waals surface area contributed by atoms with E-state index in [9.17, 15) is 0 Å². The molecule has 0 N–H and O–H groups in total. The van der Waals surface area contributed by atoms with E-state index in [1.165, 1.54) is 24.8 Å². The Bertz CT molecular complexity index is 371. The van der Waals surface area contributed by atoms with Crippen LogP contribution in [0.25, 0.3) is 0 Å². The number of rotatable bonds is 9. The van der Waals surface area contributed by atoms with Gasteiger partial charge in [-0.05, 0) is 44.1 Å². The molecule has 0 aliphatic carbocycles. The molecule has 0 aliphatic heterocycles. The summed E-state index contributed by atoms with van der Waals surface area (Å²) in [4.78, 5) is 2.34. The summed E-state index contributed by atoms with van der Waals surface area (Å²) in [5.41, 5.74) is 1.25. The van der Waals surface area contributed by atoms with Gasteiger partial charge in [0, 0.05) is 11.9 Å². The lowest BCUT2D eigenvalue weighted by Crippen LogP contribution is -2.19. The molecule has 1 aromatic rings. The third kappa shape index (κ3) is 5.83. The Kier molecular flexibility index (Phi) is 7.91. The van der Waals surface area contributed by atoms with Crippen molar-refractivity contribution in [3.63, 3.8) is 0 Å². The van der Waals surface area contributed by atoms with Crippen LogP contribution in [-0.2, 0) is 6.54 Å². The molecule has 1 aromatic carbocycles. The Labute approximate surface area is 125 Å². The summed E-state index contributed by atoms with van der Waals surface area (Å²) in [5.74, 6) is 1.58. The van der Waals surface area contributed by atoms with Gasteiger partial charge in [-0.15, -0.1) is 0 Å². The van der Waals surface area contributed by atoms with E-state index in [1.54, 1.807) is 14.2 Å². The summed E-state index contributed by atoms with van der Waals surface area (Å²) in [6.07, 6.45) is 3.78. The fraction of sp³-hybridized carbons (Fsp3) is 0.600. The molecule has 0 unspecified atom stereocenters. The van der Waals surface area contributed by atoms with E-state index in [4.69, 9.17) is 9.47 Å². The highest BCUT2D eigenvalue weighted by atomic mass is 79.9. The van der Waals surface area contributed by atoms with Gasteiger partial charge in [-0.2, -0.15) is 0 Å². The first-order valence-corrected chi connectivity index (χ1v) is 7.78. The van der Waals surface area contributed by atoms with Crippen molar-refractivity contribution in [2.45, 2.75) is 25.8 Å². The van der Waals surface area contributed by atoms with Crippen molar-refractivity contribution < 1.29 is 9.47 Å². The largest absolute Gasteiger partial charge is 0.493 e. The summed E-state index contributed by atoms with van der Waals surface area (Å²) in [7, 11) is 5.49. The Morgan fingerprint density at radius 2 is 1.79 bits per heavy atom. The predicted octanol–water partition coefficient (Wildman–Crippen LogP) is 3.70. The van der Waals surface area contributed by atoms with Gasteiger partial charge in [-0.25, -0.2) is 0 Å². The van der Waals surface area contributed by atoms with Gasteiger partial charge in [0.15, 0.2) is 11.5 Å². The van der Waals surface area contributed by atoms with Crippen LogP contribution in [-0.4, -0.2) is 38.0 Å². The van der Waals surface area contributed by atoms with E-state index in [0.29, 0.717) is 0 Å². The fourth-order valence-corrected chi connectivity index (χ4v) is 2.42. The second-order valence-electron chi connectivity index (χ2n) is 4.68. The van der Waals surface area contributed by atoms with E-state index in [-0.39, 0.29) is 0 Å². The Balaban J connectivity index is 2.47. The quantitative estimate of drug-likeness (QED) is 0.509. The number of methoxy groups -OCH3 is 2. The van der Waals surface area contributed by atoms with Gasteiger partial charge in [-0.3, -0.25) is 0 Å². The number of benzene rings is 1. The van der Waals surface area contributed by atoms with Gasteiger partial charge < -0.3 is 14.4 Å². The summed E-state index contributed by atoms with van der Waals surface area (Å²) >= 11 is 3.46. The van der Waals surface area contributed by atoms with Crippen LogP contribution in [0.15, 0.2) is 18.2 Å². The third-order valence-electron chi connectivity index (χ3n) is 3.07. The highest BCUT2D eigenvalue weighted by Crippen LogP contribution is 2.27. The average molecular weight is 330 g/mol. The van der Waals surface area contributed by atoms with Crippen LogP contribution in [0.1, 0.15) is 24.8 Å². The lowest BCUT2D eigenvalue weighted by Gasteiger charge is -2.17. The van der Waals surface area contributed by atoms with E-state index >= 15 is 0 Å². The van der Waals surface area contributed by atoms with Crippen molar-refractivity contribution in [2.24, 2.45) is 0 Å². The summed E-state index contributed by atoms with van der Waals surface area (Å²) in [6, 6.07) is 6.11. The Hall–Kier alpha value is -0.740. The molecule has 0 amide bonds. The molecule has 0 saturated carbocycles. The number of unbranched alkanes of at least 4 members (excludes halogenated alkanes) is 2. The fourth-order valence-electron chi connectivity index (χ4n) is 2.02. The molecule has 0 spiro atoms. The summed E-state index contributed by atoms with van der Waals surface area (Å²) in [5, 5.41) is 1.10. The number of halogens is 1. The lowest BCUT2D eigenvalue weighted by atomic mass is 10.2. The van der Waals surface area contributed by atoms with Crippen molar-refractivity contribution in [1.82, 2.24) is 4.90 Å². The smallest absolute Gasteiger partial charge is 0.161 e. The first-order valence-electron chi connectivity index (χ1n) is 6.66. The molecule has 4 heteroatoms. The lowest BCUT2D eigenvalue weighted by molar-refractivity contribution is 0.316. The molecular weight excluding hydrogens is 306 g/mol. The van der Waals surface area contributed by atoms with E-state index in [1.807, 2.05) is 12.1 Å². The Morgan fingerprint density at radius 1 is 1.05 bits per heavy atom. The van der Waals surface area contributed by atoms with Crippen LogP contribution in [0.2, 0.25) is 0 Å². The van der Waals surface area contributed by atoms with E-state index < -0.39 is 0 Å². The van der Waals surface area contributed by atoms with Gasteiger partial charge in [0.2, 0.25) is 0 Å². The van der Waals surface area contributed by atoms with Crippen LogP contribution in [0.5, 0.6) is 11.5 Å². The highest BCUT2D eigenvalue weighted by molar-refractivity contribution is 9.09. The predicted molar refractivity (Wildman–Crippen MR) is 83.5 cm³/mol. The van der Waals surface area contributed by atoms with Gasteiger partial charge in [0.1, 0.15) is 0 Å². The highest BCUT2D eigenvalue weighted by Gasteiger charge is 2.06. The number of hydrogen-bond donors (Lipinski definition) is 0. The average Bonchev–Trinajstić information content (AvgIpc) is 2.43. The van der Waals surface area contributed by atoms with Crippen molar-refractivity contribution >= 4 is 15.9 Å². The SMILES string of the molecule is COc1ccc(CN(C)CCCCCBr)cc1OC. The van der Waals surface area contributed by atoms with Gasteiger partial charge in [0.25, 0.3) is 0 Å². The van der Waals surface area contributed by atoms with Crippen molar-refractivity contribution in [3.8, 4) is 11.5 Å². The summed E-state index contributed by atoms with van der Waals surface area (Å²) < 4.78 is 10.6. The molecule has 0 bridgehead atoms. The number of hydrogen-bond acceptors (Lipinski definition) is 3. The summed E-state index contributed by atoms with van der Waals surface area (Å²) in [6.45, 7) is 2.07. The first kappa shape index (κ1) is 16.3. The van der Waals surface area contributed by atoms with Crippen LogP contribution >= 0.6 is 15.9 Å². The molecule has 0 radical (unpaired) electrons. The molecule has 0 aromatic heterocycles. The minimum atomic E-state index is 0.784. The molecule has 108 valence electrons. The minimum absolute atomic E-state index is 0.784. The van der Waals surface area contributed by atoms with Crippen LogP contribution in [0, 0.1) is 0 Å². The molecule has 0 atom stereocenters. The molecule has 3 nitrogen and oxygen atoms in total. The van der Waals surface area contributed by atoms with Gasteiger partial charge in [-0.1, -0.05) is 28.4 Å². The van der Waals surface area contributed by atoms with Crippen molar-refractivity contribution in [2.75, 3.05) is 33.1 Å². The van der Waals surface area contributed by atoms with Gasteiger partial charge >= 0.3 is 0 Å². The third-order valence-corrected chi connectivity index (χ3v) is 3.63. The molecular formula is C15H24BrNO2. The van der Waals surface area contributed by atoms with Crippen LogP contribution < -0.4 is 9.47 Å². The zero-order chi connectivity index (χ0) is 14.1. The molecule has 0 saturated heterocycles. The van der Waals surface area contributed by atoms with Crippen LogP contribution in [0.3, 0.4) is 0 Å². The topological polar surface area (TPSA) is 21.7 Å². The number of ether oxygens (including phenoxy) is 2. The monoisotopic (exact) mass is 329 g/mol. The maximum Gasteiger partial charge on any atom is 0.161 e.